The molecule has 0 aromatic heterocycles. The summed E-state index contributed by atoms with van der Waals surface area (Å²) in [6.45, 7) is 0. The number of benzene rings is 2. The molecule has 23 heavy (non-hydrogen) atoms. The van der Waals surface area contributed by atoms with Crippen LogP contribution in [-0.4, -0.2) is 30.5 Å². The van der Waals surface area contributed by atoms with Crippen molar-refractivity contribution >= 4 is 37.4 Å². The van der Waals surface area contributed by atoms with E-state index in [2.05, 4.69) is 15.9 Å². The van der Waals surface area contributed by atoms with Crippen LogP contribution in [0.2, 0.25) is 0 Å². The Balaban J connectivity index is 2.08. The van der Waals surface area contributed by atoms with Gasteiger partial charge in [0.1, 0.15) is 0 Å². The molecule has 0 amide bonds. The number of halogens is 1. The number of alkyl halides is 1. The summed E-state index contributed by atoms with van der Waals surface area (Å²) < 4.78 is 24.6. The third-order valence-corrected chi connectivity index (χ3v) is 5.25. The maximum atomic E-state index is 12.2. The van der Waals surface area contributed by atoms with Crippen LogP contribution < -0.4 is 4.47 Å². The highest BCUT2D eigenvalue weighted by Gasteiger charge is 2.21. The molecule has 2 aromatic carbocycles. The van der Waals surface area contributed by atoms with Crippen molar-refractivity contribution in [3.8, 4) is 0 Å². The summed E-state index contributed by atoms with van der Waals surface area (Å²) in [5.74, 6) is -0.330. The molecule has 0 saturated heterocycles. The molecular formula is C16H16BrNO4S. The number of ketones is 1. The van der Waals surface area contributed by atoms with Crippen molar-refractivity contribution in [3.63, 3.8) is 0 Å². The number of carbonyl (C=O) groups is 1. The molecule has 0 aliphatic carbocycles. The molecule has 0 aliphatic rings. The van der Waals surface area contributed by atoms with Gasteiger partial charge in [0, 0.05) is 5.56 Å². The van der Waals surface area contributed by atoms with E-state index in [1.54, 1.807) is 0 Å². The first-order valence-corrected chi connectivity index (χ1v) is 9.62. The molecule has 122 valence electrons. The minimum Gasteiger partial charge on any atom is -0.293 e. The number of hydrogen-bond acceptors (Lipinski definition) is 4. The van der Waals surface area contributed by atoms with E-state index in [1.165, 1.54) is 24.3 Å². The normalized spacial score (nSPS) is 11.2. The van der Waals surface area contributed by atoms with Gasteiger partial charge in [0.2, 0.25) is 0 Å². The Morgan fingerprint density at radius 3 is 2.22 bits per heavy atom. The maximum Gasteiger partial charge on any atom is 0.257 e. The molecule has 0 unspecified atom stereocenters. The van der Waals surface area contributed by atoms with E-state index in [0.29, 0.717) is 12.0 Å². The minimum atomic E-state index is -3.86. The van der Waals surface area contributed by atoms with Gasteiger partial charge in [0.15, 0.2) is 5.78 Å². The van der Waals surface area contributed by atoms with Gasteiger partial charge < -0.3 is 0 Å². The van der Waals surface area contributed by atoms with Crippen LogP contribution in [0, 0.1) is 0 Å². The molecule has 0 fully saturated rings. The van der Waals surface area contributed by atoms with Crippen molar-refractivity contribution in [2.75, 3.05) is 15.6 Å². The molecule has 0 spiro atoms. The quantitative estimate of drug-likeness (QED) is 0.442. The van der Waals surface area contributed by atoms with E-state index in [9.17, 15) is 18.4 Å². The van der Waals surface area contributed by atoms with Gasteiger partial charge in [-0.05, 0) is 36.2 Å². The molecule has 2 aromatic rings. The molecule has 0 saturated carbocycles. The lowest BCUT2D eigenvalue weighted by Crippen LogP contribution is -2.30. The zero-order chi connectivity index (χ0) is 16.9. The fraction of sp³-hybridized carbons (Fsp3) is 0.188. The monoisotopic (exact) mass is 397 g/mol. The van der Waals surface area contributed by atoms with Gasteiger partial charge in [0.25, 0.3) is 10.0 Å². The lowest BCUT2D eigenvalue weighted by Gasteiger charge is -2.17. The van der Waals surface area contributed by atoms with E-state index in [0.717, 1.165) is 5.56 Å². The van der Waals surface area contributed by atoms with Crippen LogP contribution in [0.1, 0.15) is 15.9 Å². The highest BCUT2D eigenvalue weighted by atomic mass is 79.9. The number of hydrogen-bond donors (Lipinski definition) is 1. The maximum absolute atomic E-state index is 12.2. The van der Waals surface area contributed by atoms with Gasteiger partial charge in [0.05, 0.1) is 16.8 Å². The van der Waals surface area contributed by atoms with Crippen molar-refractivity contribution in [1.82, 2.24) is 0 Å². The molecule has 1 N–H and O–H groups in total. The van der Waals surface area contributed by atoms with Gasteiger partial charge in [-0.15, -0.1) is 4.47 Å². The van der Waals surface area contributed by atoms with Gasteiger partial charge in [-0.25, -0.2) is 8.42 Å². The molecule has 0 radical (unpaired) electrons. The summed E-state index contributed by atoms with van der Waals surface area (Å²) in [5, 5.41) is 10.1. The van der Waals surface area contributed by atoms with Crippen molar-refractivity contribution in [3.05, 3.63) is 65.7 Å². The minimum absolute atomic E-state index is 0.101. The molecule has 2 rings (SSSR count). The Morgan fingerprint density at radius 2 is 1.65 bits per heavy atom. The molecule has 5 nitrogen and oxygen atoms in total. The lowest BCUT2D eigenvalue weighted by molar-refractivity contribution is 0.102. The summed E-state index contributed by atoms with van der Waals surface area (Å²) in [7, 11) is -3.86. The zero-order valence-electron chi connectivity index (χ0n) is 12.2. The Kier molecular flexibility index (Phi) is 5.92. The first-order valence-electron chi connectivity index (χ1n) is 6.89. The number of carbonyl (C=O) groups excluding carboxylic acids is 1. The number of nitrogens with zero attached hydrogens (tertiary/aromatic N) is 1. The second kappa shape index (κ2) is 7.72. The highest BCUT2D eigenvalue weighted by Crippen LogP contribution is 2.18. The standard InChI is InChI=1S/C16H16BrNO4S/c17-12-16(19)14-6-8-15(9-7-14)18(20)23(21,22)11-10-13-4-2-1-3-5-13/h1-9,20H,10-12H2. The van der Waals surface area contributed by atoms with Crippen molar-refractivity contribution in [1.29, 1.82) is 0 Å². The summed E-state index contributed by atoms with van der Waals surface area (Å²) in [5.41, 5.74) is 1.42. The first kappa shape index (κ1) is 17.7. The SMILES string of the molecule is O=C(CBr)c1ccc(N(O)S(=O)(=O)CCc2ccccc2)cc1. The third kappa shape index (κ3) is 4.63. The highest BCUT2D eigenvalue weighted by molar-refractivity contribution is 9.09. The first-order chi connectivity index (χ1) is 10.9. The van der Waals surface area contributed by atoms with E-state index in [1.807, 2.05) is 30.3 Å². The third-order valence-electron chi connectivity index (χ3n) is 3.29. The second-order valence-electron chi connectivity index (χ2n) is 4.90. The van der Waals surface area contributed by atoms with Crippen molar-refractivity contribution < 1.29 is 18.4 Å². The summed E-state index contributed by atoms with van der Waals surface area (Å²) in [6.07, 6.45) is 0.306. The Labute approximate surface area is 143 Å². The number of aryl methyl sites for hydroxylation is 1. The molecule has 0 atom stereocenters. The number of anilines is 1. The van der Waals surface area contributed by atoms with E-state index in [4.69, 9.17) is 0 Å². The molecule has 7 heteroatoms. The summed E-state index contributed by atoms with van der Waals surface area (Å²) in [6, 6.07) is 14.9. The van der Waals surface area contributed by atoms with E-state index >= 15 is 0 Å². The number of sulfonamides is 1. The van der Waals surface area contributed by atoms with Crippen molar-refractivity contribution in [2.45, 2.75) is 6.42 Å². The lowest BCUT2D eigenvalue weighted by atomic mass is 10.1. The van der Waals surface area contributed by atoms with Crippen LogP contribution in [-0.2, 0) is 16.4 Å². The molecular weight excluding hydrogens is 382 g/mol. The van der Waals surface area contributed by atoms with Crippen LogP contribution in [0.4, 0.5) is 5.69 Å². The fourth-order valence-corrected chi connectivity index (χ4v) is 3.42. The predicted octanol–water partition coefficient (Wildman–Crippen LogP) is 3.03. The largest absolute Gasteiger partial charge is 0.293 e. The van der Waals surface area contributed by atoms with Gasteiger partial charge in [-0.2, -0.15) is 0 Å². The van der Waals surface area contributed by atoms with Gasteiger partial charge >= 0.3 is 0 Å². The zero-order valence-corrected chi connectivity index (χ0v) is 14.6. The average Bonchev–Trinajstić information content (AvgIpc) is 2.59. The van der Waals surface area contributed by atoms with E-state index in [-0.39, 0.29) is 27.0 Å². The van der Waals surface area contributed by atoms with Crippen LogP contribution in [0.15, 0.2) is 54.6 Å². The predicted molar refractivity (Wildman–Crippen MR) is 92.8 cm³/mol. The van der Waals surface area contributed by atoms with Gasteiger partial charge in [-0.3, -0.25) is 10.0 Å². The second-order valence-corrected chi connectivity index (χ2v) is 7.38. The van der Waals surface area contributed by atoms with Crippen LogP contribution >= 0.6 is 15.9 Å². The Morgan fingerprint density at radius 1 is 1.04 bits per heavy atom. The summed E-state index contributed by atoms with van der Waals surface area (Å²) >= 11 is 3.07. The molecule has 0 bridgehead atoms. The number of rotatable bonds is 7. The Bertz CT molecular complexity index is 760. The van der Waals surface area contributed by atoms with Crippen LogP contribution in [0.3, 0.4) is 0 Å². The van der Waals surface area contributed by atoms with Gasteiger partial charge in [-0.1, -0.05) is 46.3 Å². The fourth-order valence-electron chi connectivity index (χ4n) is 1.99. The van der Waals surface area contributed by atoms with Crippen molar-refractivity contribution in [2.24, 2.45) is 0 Å². The topological polar surface area (TPSA) is 74.7 Å². The van der Waals surface area contributed by atoms with E-state index < -0.39 is 10.0 Å². The Hall–Kier alpha value is -1.70. The molecule has 0 heterocycles. The number of Topliss-reactive ketones (excluding diaryl/α,β-unsaturated/α-hetero) is 1. The average molecular weight is 398 g/mol. The van der Waals surface area contributed by atoms with Crippen LogP contribution in [0.25, 0.3) is 0 Å². The summed E-state index contributed by atoms with van der Waals surface area (Å²) in [4.78, 5) is 11.5. The smallest absolute Gasteiger partial charge is 0.257 e. The molecule has 0 aliphatic heterocycles. The van der Waals surface area contributed by atoms with Crippen LogP contribution in [0.5, 0.6) is 0 Å².